The highest BCUT2D eigenvalue weighted by Crippen LogP contribution is 2.34. The van der Waals surface area contributed by atoms with Crippen LogP contribution in [-0.4, -0.2) is 32.7 Å². The number of rotatable bonds is 3. The largest absolute Gasteiger partial charge is 0.476 e. The molecule has 1 N–H and O–H groups in total. The molecule has 0 saturated carbocycles. The van der Waals surface area contributed by atoms with E-state index in [4.69, 9.17) is 4.74 Å². The quantitative estimate of drug-likeness (QED) is 0.938. The Morgan fingerprint density at radius 3 is 2.78 bits per heavy atom. The first kappa shape index (κ1) is 15.5. The molecule has 1 unspecified atom stereocenters. The maximum absolute atomic E-state index is 12.9. The van der Waals surface area contributed by atoms with Crippen LogP contribution in [0.4, 0.5) is 13.2 Å². The van der Waals surface area contributed by atoms with Gasteiger partial charge >= 0.3 is 12.1 Å². The number of halogens is 3. The molecule has 2 heterocycles. The Morgan fingerprint density at radius 1 is 1.39 bits per heavy atom. The Hall–Kier alpha value is -2.42. The summed E-state index contributed by atoms with van der Waals surface area (Å²) in [6.07, 6.45) is -3.76. The lowest BCUT2D eigenvalue weighted by atomic mass is 10.1. The number of ether oxygens (including phenoxy) is 1. The number of carboxylic acids is 1. The zero-order valence-electron chi connectivity index (χ0n) is 11.7. The lowest BCUT2D eigenvalue weighted by molar-refractivity contribution is -0.137. The van der Waals surface area contributed by atoms with Crippen molar-refractivity contribution >= 4 is 5.97 Å². The Kier molecular flexibility index (Phi) is 3.80. The van der Waals surface area contributed by atoms with Crippen LogP contribution in [0.5, 0.6) is 0 Å². The summed E-state index contributed by atoms with van der Waals surface area (Å²) in [7, 11) is 0. The molecular weight excluding hydrogens is 315 g/mol. The van der Waals surface area contributed by atoms with Crippen molar-refractivity contribution in [1.29, 1.82) is 0 Å². The van der Waals surface area contributed by atoms with Crippen molar-refractivity contribution in [2.75, 3.05) is 6.61 Å². The van der Waals surface area contributed by atoms with E-state index in [9.17, 15) is 23.1 Å². The normalized spacial score (nSPS) is 18.3. The molecule has 2 aromatic rings. The number of benzene rings is 1. The molecule has 0 bridgehead atoms. The fraction of sp³-hybridized carbons (Fsp3) is 0.357. The topological polar surface area (TPSA) is 77.2 Å². The molecule has 9 heteroatoms. The zero-order valence-corrected chi connectivity index (χ0v) is 11.7. The number of carbonyl (C=O) groups is 1. The summed E-state index contributed by atoms with van der Waals surface area (Å²) in [5.41, 5.74) is -0.908. The SMILES string of the molecule is O=C(O)c1nnn(-c2cccc(C(F)(F)F)c2)c1C1CCCO1. The third-order valence-corrected chi connectivity index (χ3v) is 3.56. The molecule has 0 aliphatic carbocycles. The maximum atomic E-state index is 12.9. The van der Waals surface area contributed by atoms with Crippen LogP contribution in [0, 0.1) is 0 Å². The molecule has 122 valence electrons. The van der Waals surface area contributed by atoms with Gasteiger partial charge in [0.15, 0.2) is 5.69 Å². The van der Waals surface area contributed by atoms with E-state index in [0.29, 0.717) is 13.0 Å². The highest BCUT2D eigenvalue weighted by molar-refractivity contribution is 5.86. The van der Waals surface area contributed by atoms with Gasteiger partial charge in [-0.2, -0.15) is 13.2 Å². The molecule has 3 rings (SSSR count). The fourth-order valence-electron chi connectivity index (χ4n) is 2.53. The molecule has 1 aromatic heterocycles. The van der Waals surface area contributed by atoms with Crippen LogP contribution in [0.2, 0.25) is 0 Å². The zero-order chi connectivity index (χ0) is 16.6. The summed E-state index contributed by atoms with van der Waals surface area (Å²) >= 11 is 0. The van der Waals surface area contributed by atoms with Crippen LogP contribution in [0.25, 0.3) is 5.69 Å². The van der Waals surface area contributed by atoms with Gasteiger partial charge in [0.25, 0.3) is 0 Å². The number of aromatic carboxylic acids is 1. The van der Waals surface area contributed by atoms with Crippen molar-refractivity contribution < 1.29 is 27.8 Å². The lowest BCUT2D eigenvalue weighted by Gasteiger charge is -2.14. The van der Waals surface area contributed by atoms with Crippen molar-refractivity contribution in [3.05, 3.63) is 41.2 Å². The highest BCUT2D eigenvalue weighted by Gasteiger charge is 2.33. The number of carboxylic acid groups (broad SMARTS) is 1. The van der Waals surface area contributed by atoms with E-state index in [2.05, 4.69) is 10.3 Å². The molecule has 0 radical (unpaired) electrons. The van der Waals surface area contributed by atoms with Gasteiger partial charge in [0.05, 0.1) is 11.3 Å². The minimum absolute atomic E-state index is 0.0883. The monoisotopic (exact) mass is 327 g/mol. The van der Waals surface area contributed by atoms with E-state index in [1.807, 2.05) is 0 Å². The third kappa shape index (κ3) is 2.91. The van der Waals surface area contributed by atoms with Gasteiger partial charge in [0.2, 0.25) is 0 Å². The van der Waals surface area contributed by atoms with Crippen LogP contribution < -0.4 is 0 Å². The molecule has 0 amide bonds. The Bertz CT molecular complexity index is 736. The second-order valence-electron chi connectivity index (χ2n) is 5.09. The van der Waals surface area contributed by atoms with Crippen LogP contribution in [0.3, 0.4) is 0 Å². The second-order valence-corrected chi connectivity index (χ2v) is 5.09. The van der Waals surface area contributed by atoms with Crippen LogP contribution in [0.15, 0.2) is 24.3 Å². The van der Waals surface area contributed by atoms with Crippen LogP contribution in [0.1, 0.15) is 40.7 Å². The summed E-state index contributed by atoms with van der Waals surface area (Å²) < 4.78 is 45.1. The summed E-state index contributed by atoms with van der Waals surface area (Å²) in [4.78, 5) is 11.3. The third-order valence-electron chi connectivity index (χ3n) is 3.56. The smallest absolute Gasteiger partial charge is 0.416 e. The molecule has 6 nitrogen and oxygen atoms in total. The molecule has 1 atom stereocenters. The maximum Gasteiger partial charge on any atom is 0.416 e. The highest BCUT2D eigenvalue weighted by atomic mass is 19.4. The molecule has 23 heavy (non-hydrogen) atoms. The number of alkyl halides is 3. The van der Waals surface area contributed by atoms with Crippen molar-refractivity contribution in [2.24, 2.45) is 0 Å². The molecular formula is C14H12F3N3O3. The van der Waals surface area contributed by atoms with E-state index in [1.54, 1.807) is 0 Å². The Morgan fingerprint density at radius 2 is 2.17 bits per heavy atom. The van der Waals surface area contributed by atoms with E-state index in [1.165, 1.54) is 12.1 Å². The molecule has 1 fully saturated rings. The average molecular weight is 327 g/mol. The van der Waals surface area contributed by atoms with Gasteiger partial charge in [-0.25, -0.2) is 9.48 Å². The van der Waals surface area contributed by atoms with E-state index in [0.717, 1.165) is 23.2 Å². The van der Waals surface area contributed by atoms with Crippen LogP contribution in [-0.2, 0) is 10.9 Å². The standard InChI is InChI=1S/C14H12F3N3O3/c15-14(16,17)8-3-1-4-9(7-8)20-12(10-5-2-6-23-10)11(13(21)22)18-19-20/h1,3-4,7,10H,2,5-6H2,(H,21,22). The lowest BCUT2D eigenvalue weighted by Crippen LogP contribution is -2.12. The summed E-state index contributed by atoms with van der Waals surface area (Å²) in [6, 6.07) is 4.48. The van der Waals surface area contributed by atoms with Crippen molar-refractivity contribution in [1.82, 2.24) is 15.0 Å². The minimum atomic E-state index is -4.50. The Labute approximate surface area is 128 Å². The van der Waals surface area contributed by atoms with Crippen LogP contribution >= 0.6 is 0 Å². The predicted molar refractivity (Wildman–Crippen MR) is 71.2 cm³/mol. The van der Waals surface area contributed by atoms with Gasteiger partial charge in [-0.1, -0.05) is 11.3 Å². The van der Waals surface area contributed by atoms with E-state index >= 15 is 0 Å². The van der Waals surface area contributed by atoms with Crippen molar-refractivity contribution in [3.63, 3.8) is 0 Å². The molecule has 1 aliphatic heterocycles. The van der Waals surface area contributed by atoms with Gasteiger partial charge in [0, 0.05) is 6.61 Å². The number of nitrogens with zero attached hydrogens (tertiary/aromatic N) is 3. The molecule has 1 aromatic carbocycles. The van der Waals surface area contributed by atoms with Crippen molar-refractivity contribution in [2.45, 2.75) is 25.1 Å². The number of hydrogen-bond acceptors (Lipinski definition) is 4. The minimum Gasteiger partial charge on any atom is -0.476 e. The van der Waals surface area contributed by atoms with Gasteiger partial charge in [-0.3, -0.25) is 0 Å². The first-order chi connectivity index (χ1) is 10.9. The molecule has 1 aliphatic rings. The fourth-order valence-corrected chi connectivity index (χ4v) is 2.53. The van der Waals surface area contributed by atoms with Gasteiger partial charge in [-0.05, 0) is 31.0 Å². The second kappa shape index (κ2) is 5.65. The first-order valence-electron chi connectivity index (χ1n) is 6.86. The summed E-state index contributed by atoms with van der Waals surface area (Å²) in [5.74, 6) is -1.30. The number of hydrogen-bond donors (Lipinski definition) is 1. The first-order valence-corrected chi connectivity index (χ1v) is 6.86. The van der Waals surface area contributed by atoms with E-state index in [-0.39, 0.29) is 17.1 Å². The van der Waals surface area contributed by atoms with Crippen molar-refractivity contribution in [3.8, 4) is 5.69 Å². The van der Waals surface area contributed by atoms with E-state index < -0.39 is 23.8 Å². The predicted octanol–water partition coefficient (Wildman–Crippen LogP) is 2.84. The summed E-state index contributed by atoms with van der Waals surface area (Å²) in [5, 5.41) is 16.5. The summed E-state index contributed by atoms with van der Waals surface area (Å²) in [6.45, 7) is 0.456. The number of aromatic nitrogens is 3. The molecule has 1 saturated heterocycles. The molecule has 0 spiro atoms. The van der Waals surface area contributed by atoms with Gasteiger partial charge in [-0.15, -0.1) is 5.10 Å². The Balaban J connectivity index is 2.11. The average Bonchev–Trinajstić information content (AvgIpc) is 3.15. The van der Waals surface area contributed by atoms with Gasteiger partial charge < -0.3 is 9.84 Å². The van der Waals surface area contributed by atoms with Gasteiger partial charge in [0.1, 0.15) is 11.8 Å².